The third-order valence-corrected chi connectivity index (χ3v) is 6.75. The first-order valence-electron chi connectivity index (χ1n) is 13.2. The number of carbonyl (C=O) groups excluding carboxylic acids is 2. The third kappa shape index (κ3) is 6.17. The van der Waals surface area contributed by atoms with Crippen LogP contribution in [0.2, 0.25) is 0 Å². The van der Waals surface area contributed by atoms with E-state index in [1.165, 1.54) is 0 Å². The van der Waals surface area contributed by atoms with E-state index in [1.54, 1.807) is 6.92 Å². The Balaban J connectivity index is 1.36. The van der Waals surface area contributed by atoms with Crippen molar-refractivity contribution < 1.29 is 9.59 Å². The van der Waals surface area contributed by atoms with Crippen molar-refractivity contribution in [3.63, 3.8) is 0 Å². The van der Waals surface area contributed by atoms with Crippen LogP contribution in [0.25, 0.3) is 22.0 Å². The van der Waals surface area contributed by atoms with Gasteiger partial charge in [0, 0.05) is 72.7 Å². The van der Waals surface area contributed by atoms with Gasteiger partial charge in [-0.3, -0.25) is 9.59 Å². The van der Waals surface area contributed by atoms with Gasteiger partial charge in [-0.2, -0.15) is 0 Å². The lowest BCUT2D eigenvalue weighted by Gasteiger charge is -2.35. The van der Waals surface area contributed by atoms with Crippen LogP contribution in [0.5, 0.6) is 0 Å². The normalized spacial score (nSPS) is 13.8. The summed E-state index contributed by atoms with van der Waals surface area (Å²) in [5.41, 5.74) is 5.09. The van der Waals surface area contributed by atoms with E-state index >= 15 is 0 Å². The Hall–Kier alpha value is -4.46. The fourth-order valence-corrected chi connectivity index (χ4v) is 4.75. The van der Waals surface area contributed by atoms with E-state index in [-0.39, 0.29) is 17.4 Å². The predicted molar refractivity (Wildman–Crippen MR) is 156 cm³/mol. The smallest absolute Gasteiger partial charge is 0.251 e. The zero-order valence-electron chi connectivity index (χ0n) is 22.9. The summed E-state index contributed by atoms with van der Waals surface area (Å²) in [5, 5.41) is 7.30. The molecule has 0 atom stereocenters. The molecule has 1 saturated heterocycles. The van der Waals surface area contributed by atoms with Crippen LogP contribution in [-0.2, 0) is 4.79 Å². The molecule has 4 aromatic rings. The monoisotopic (exact) mass is 522 g/mol. The van der Waals surface area contributed by atoms with Crippen LogP contribution in [0.1, 0.15) is 38.1 Å². The summed E-state index contributed by atoms with van der Waals surface area (Å²) in [6.07, 6.45) is 1.82. The molecule has 0 aliphatic carbocycles. The molecule has 0 saturated carbocycles. The van der Waals surface area contributed by atoms with Gasteiger partial charge in [0.05, 0.1) is 5.52 Å². The summed E-state index contributed by atoms with van der Waals surface area (Å²) in [6, 6.07) is 21.8. The highest BCUT2D eigenvalue weighted by Gasteiger charge is 2.19. The van der Waals surface area contributed by atoms with Crippen molar-refractivity contribution in [2.45, 2.75) is 33.2 Å². The topological polar surface area (TPSA) is 90.5 Å². The highest BCUT2D eigenvalue weighted by Crippen LogP contribution is 2.29. The van der Waals surface area contributed by atoms with Gasteiger partial charge in [-0.05, 0) is 56.7 Å². The number of amides is 2. The number of piperazine rings is 1. The van der Waals surface area contributed by atoms with Crippen LogP contribution in [0.3, 0.4) is 0 Å². The van der Waals surface area contributed by atoms with E-state index in [0.717, 1.165) is 59.6 Å². The molecule has 39 heavy (non-hydrogen) atoms. The third-order valence-electron chi connectivity index (χ3n) is 6.75. The zero-order chi connectivity index (χ0) is 27.6. The summed E-state index contributed by atoms with van der Waals surface area (Å²) >= 11 is 0. The lowest BCUT2D eigenvalue weighted by Crippen LogP contribution is -2.48. The lowest BCUT2D eigenvalue weighted by atomic mass is 10.0. The molecule has 1 fully saturated rings. The first kappa shape index (κ1) is 26.2. The van der Waals surface area contributed by atoms with Gasteiger partial charge in [-0.25, -0.2) is 9.97 Å². The number of hydrogen-bond acceptors (Lipinski definition) is 6. The number of benzene rings is 3. The van der Waals surface area contributed by atoms with Gasteiger partial charge in [-0.1, -0.05) is 36.4 Å². The molecule has 0 bridgehead atoms. The lowest BCUT2D eigenvalue weighted by molar-refractivity contribution is -0.129. The van der Waals surface area contributed by atoms with Gasteiger partial charge in [0.15, 0.2) is 0 Å². The summed E-state index contributed by atoms with van der Waals surface area (Å²) in [6.45, 7) is 10.6. The van der Waals surface area contributed by atoms with Crippen molar-refractivity contribution in [3.8, 4) is 11.1 Å². The first-order valence-corrected chi connectivity index (χ1v) is 13.2. The number of hydrogen-bond donors (Lipinski definition) is 2. The van der Waals surface area contributed by atoms with Crippen LogP contribution < -0.4 is 15.5 Å². The fraction of sp³-hybridized carbons (Fsp3) is 0.290. The largest absolute Gasteiger partial charge is 0.368 e. The quantitative estimate of drug-likeness (QED) is 0.373. The number of rotatable bonds is 5. The molecule has 2 heterocycles. The van der Waals surface area contributed by atoms with Crippen LogP contribution in [0.15, 0.2) is 72.9 Å². The number of fused-ring (bicyclic) bond motifs is 1. The molecule has 0 unspecified atom stereocenters. The molecule has 200 valence electrons. The van der Waals surface area contributed by atoms with Crippen molar-refractivity contribution in [2.24, 2.45) is 0 Å². The Morgan fingerprint density at radius 2 is 1.62 bits per heavy atom. The van der Waals surface area contributed by atoms with Crippen LogP contribution >= 0.6 is 0 Å². The summed E-state index contributed by atoms with van der Waals surface area (Å²) in [7, 11) is 0. The molecule has 3 aromatic carbocycles. The summed E-state index contributed by atoms with van der Waals surface area (Å²) < 4.78 is 0. The molecule has 2 N–H and O–H groups in total. The second-order valence-electron chi connectivity index (χ2n) is 10.9. The van der Waals surface area contributed by atoms with Crippen molar-refractivity contribution >= 4 is 40.0 Å². The number of carbonyl (C=O) groups is 2. The molecule has 1 aliphatic heterocycles. The Morgan fingerprint density at radius 3 is 2.31 bits per heavy atom. The maximum Gasteiger partial charge on any atom is 0.251 e. The highest BCUT2D eigenvalue weighted by atomic mass is 16.2. The molecular formula is C31H34N6O2. The molecule has 0 radical (unpaired) electrons. The van der Waals surface area contributed by atoms with E-state index in [0.29, 0.717) is 11.5 Å². The van der Waals surface area contributed by atoms with Crippen LogP contribution in [-0.4, -0.2) is 58.4 Å². The van der Waals surface area contributed by atoms with Crippen molar-refractivity contribution in [2.75, 3.05) is 36.4 Å². The molecule has 1 aromatic heterocycles. The summed E-state index contributed by atoms with van der Waals surface area (Å²) in [4.78, 5) is 37.8. The molecule has 8 nitrogen and oxygen atoms in total. The Kier molecular flexibility index (Phi) is 7.19. The minimum Gasteiger partial charge on any atom is -0.368 e. The van der Waals surface area contributed by atoms with Crippen molar-refractivity contribution in [1.82, 2.24) is 20.2 Å². The van der Waals surface area contributed by atoms with Gasteiger partial charge in [-0.15, -0.1) is 0 Å². The second kappa shape index (κ2) is 10.7. The maximum absolute atomic E-state index is 12.5. The van der Waals surface area contributed by atoms with E-state index in [9.17, 15) is 9.59 Å². The number of para-hydroxylation sites is 1. The zero-order valence-corrected chi connectivity index (χ0v) is 22.9. The van der Waals surface area contributed by atoms with E-state index in [1.807, 2.05) is 86.5 Å². The van der Waals surface area contributed by atoms with E-state index in [2.05, 4.69) is 32.7 Å². The van der Waals surface area contributed by atoms with E-state index in [4.69, 9.17) is 4.98 Å². The van der Waals surface area contributed by atoms with Crippen molar-refractivity contribution in [3.05, 3.63) is 78.5 Å². The van der Waals surface area contributed by atoms with Crippen molar-refractivity contribution in [1.29, 1.82) is 0 Å². The minimum absolute atomic E-state index is 0.0938. The van der Waals surface area contributed by atoms with Crippen LogP contribution in [0, 0.1) is 0 Å². The molecule has 5 rings (SSSR count). The van der Waals surface area contributed by atoms with Crippen LogP contribution in [0.4, 0.5) is 17.3 Å². The molecular weight excluding hydrogens is 488 g/mol. The molecule has 8 heteroatoms. The Bertz CT molecular complexity index is 1500. The fourth-order valence-electron chi connectivity index (χ4n) is 4.75. The number of anilines is 3. The predicted octanol–water partition coefficient (Wildman–Crippen LogP) is 5.24. The number of nitrogens with zero attached hydrogens (tertiary/aromatic N) is 4. The minimum atomic E-state index is -0.296. The van der Waals surface area contributed by atoms with Gasteiger partial charge in [0.1, 0.15) is 0 Å². The Labute approximate surface area is 229 Å². The maximum atomic E-state index is 12.5. The Morgan fingerprint density at radius 1 is 0.897 bits per heavy atom. The van der Waals surface area contributed by atoms with E-state index < -0.39 is 0 Å². The van der Waals surface area contributed by atoms with Gasteiger partial charge >= 0.3 is 0 Å². The van der Waals surface area contributed by atoms with Gasteiger partial charge in [0.2, 0.25) is 11.9 Å². The summed E-state index contributed by atoms with van der Waals surface area (Å²) in [5.74, 6) is 0.540. The van der Waals surface area contributed by atoms with Gasteiger partial charge < -0.3 is 20.4 Å². The molecule has 0 spiro atoms. The second-order valence-corrected chi connectivity index (χ2v) is 10.9. The molecule has 2 amide bonds. The highest BCUT2D eigenvalue weighted by molar-refractivity contribution is 5.97. The number of nitrogens with one attached hydrogen (secondary N) is 2. The average Bonchev–Trinajstić information content (AvgIpc) is 2.92. The standard InChI is InChI=1S/C31H34N6O2/c1-21(38)36-15-17-37(18-16-36)26-9-6-8-25(19-26)33-30-32-20-24-7-5-10-27(28(24)34-30)22-11-13-23(14-12-22)29(39)35-31(2,3)4/h5-14,19-20H,15-18H2,1-4H3,(H,35,39)(H,32,33,34). The molecule has 1 aliphatic rings. The SMILES string of the molecule is CC(=O)N1CCN(c2cccc(Nc3ncc4cccc(-c5ccc(C(=O)NC(C)(C)C)cc5)c4n3)c2)CC1. The first-order chi connectivity index (χ1) is 18.7. The average molecular weight is 523 g/mol. The van der Waals surface area contributed by atoms with Gasteiger partial charge in [0.25, 0.3) is 5.91 Å². The number of aromatic nitrogens is 2.